The Balaban J connectivity index is 1.65. The van der Waals surface area contributed by atoms with Gasteiger partial charge in [0.15, 0.2) is 11.5 Å². The van der Waals surface area contributed by atoms with Gasteiger partial charge in [0.2, 0.25) is 5.91 Å². The standard InChI is InChI=1S/C29H40N4O4S/c1-19(2)32(20(3)4)15-14-28(34)30-24-11-8-22(9-12-24)17-33-29(35)38-18-25(31-33)23-10-13-26(36-7)27(16-23)37-21(5)6/h8-13,16,19-21H,14-15,17-18H2,1-7H3,(H,30,34). The Morgan fingerprint density at radius 1 is 1.05 bits per heavy atom. The van der Waals surface area contributed by atoms with Crippen LogP contribution in [-0.2, 0) is 11.3 Å². The molecule has 9 heteroatoms. The minimum absolute atomic E-state index is 0.00224. The van der Waals surface area contributed by atoms with Crippen LogP contribution in [0.2, 0.25) is 0 Å². The molecular weight excluding hydrogens is 500 g/mol. The number of hydrogen-bond donors (Lipinski definition) is 1. The van der Waals surface area contributed by atoms with E-state index in [0.29, 0.717) is 48.8 Å². The number of nitrogens with one attached hydrogen (secondary N) is 1. The second kappa shape index (κ2) is 13.7. The lowest BCUT2D eigenvalue weighted by Crippen LogP contribution is -2.39. The van der Waals surface area contributed by atoms with Crippen LogP contribution in [0.15, 0.2) is 47.6 Å². The first-order chi connectivity index (χ1) is 18.1. The van der Waals surface area contributed by atoms with E-state index >= 15 is 0 Å². The average Bonchev–Trinajstić information content (AvgIpc) is 2.86. The van der Waals surface area contributed by atoms with Gasteiger partial charge in [-0.15, -0.1) is 0 Å². The molecule has 0 radical (unpaired) electrons. The maximum Gasteiger partial charge on any atom is 0.302 e. The molecule has 0 aromatic heterocycles. The van der Waals surface area contributed by atoms with E-state index in [0.717, 1.165) is 22.5 Å². The van der Waals surface area contributed by atoms with Crippen LogP contribution >= 0.6 is 11.8 Å². The van der Waals surface area contributed by atoms with E-state index in [1.54, 1.807) is 7.11 Å². The van der Waals surface area contributed by atoms with Crippen molar-refractivity contribution in [2.24, 2.45) is 5.10 Å². The van der Waals surface area contributed by atoms with Crippen molar-refractivity contribution in [2.45, 2.75) is 72.7 Å². The number of carbonyl (C=O) groups excluding carboxylic acids is 2. The highest BCUT2D eigenvalue weighted by molar-refractivity contribution is 8.14. The summed E-state index contributed by atoms with van der Waals surface area (Å²) in [6.45, 7) is 13.6. The smallest absolute Gasteiger partial charge is 0.302 e. The molecule has 206 valence electrons. The number of benzene rings is 2. The minimum atomic E-state index is -0.0989. The first kappa shape index (κ1) is 29.5. The van der Waals surface area contributed by atoms with Crippen molar-refractivity contribution in [3.8, 4) is 11.5 Å². The first-order valence-corrected chi connectivity index (χ1v) is 14.1. The number of ether oxygens (including phenoxy) is 2. The number of thioether (sulfide) groups is 1. The van der Waals surface area contributed by atoms with Gasteiger partial charge in [0.25, 0.3) is 0 Å². The molecule has 0 saturated carbocycles. The lowest BCUT2D eigenvalue weighted by molar-refractivity contribution is -0.116. The predicted molar refractivity (Wildman–Crippen MR) is 155 cm³/mol. The third-order valence-electron chi connectivity index (χ3n) is 6.14. The fraction of sp³-hybridized carbons (Fsp3) is 0.483. The molecule has 2 aromatic carbocycles. The summed E-state index contributed by atoms with van der Waals surface area (Å²) in [5.74, 6) is 1.78. The largest absolute Gasteiger partial charge is 0.493 e. The van der Waals surface area contributed by atoms with Crippen LogP contribution in [0, 0.1) is 0 Å². The SMILES string of the molecule is COc1ccc(C2=NN(Cc3ccc(NC(=O)CCN(C(C)C)C(C)C)cc3)C(=O)SC2)cc1OC(C)C. The monoisotopic (exact) mass is 540 g/mol. The summed E-state index contributed by atoms with van der Waals surface area (Å²) in [4.78, 5) is 27.4. The second-order valence-electron chi connectivity index (χ2n) is 10.1. The molecule has 0 spiro atoms. The molecule has 0 fully saturated rings. The van der Waals surface area contributed by atoms with Gasteiger partial charge in [-0.05, 0) is 77.4 Å². The third-order valence-corrected chi connectivity index (χ3v) is 7.01. The minimum Gasteiger partial charge on any atom is -0.493 e. The van der Waals surface area contributed by atoms with Crippen LogP contribution in [0.4, 0.5) is 10.5 Å². The zero-order valence-electron chi connectivity index (χ0n) is 23.5. The summed E-state index contributed by atoms with van der Waals surface area (Å²) >= 11 is 1.22. The van der Waals surface area contributed by atoms with Gasteiger partial charge in [0.05, 0.1) is 25.5 Å². The highest BCUT2D eigenvalue weighted by Crippen LogP contribution is 2.31. The Morgan fingerprint density at radius 2 is 1.74 bits per heavy atom. The van der Waals surface area contributed by atoms with Crippen molar-refractivity contribution in [1.82, 2.24) is 9.91 Å². The molecule has 2 aromatic rings. The summed E-state index contributed by atoms with van der Waals surface area (Å²) in [6, 6.07) is 14.0. The van der Waals surface area contributed by atoms with Gasteiger partial charge in [-0.1, -0.05) is 23.9 Å². The molecule has 0 bridgehead atoms. The van der Waals surface area contributed by atoms with Crippen LogP contribution in [0.25, 0.3) is 0 Å². The van der Waals surface area contributed by atoms with Crippen molar-refractivity contribution in [3.05, 3.63) is 53.6 Å². The fourth-order valence-electron chi connectivity index (χ4n) is 4.30. The van der Waals surface area contributed by atoms with Gasteiger partial charge in [-0.3, -0.25) is 14.5 Å². The average molecular weight is 541 g/mol. The van der Waals surface area contributed by atoms with Gasteiger partial charge in [0.1, 0.15) is 0 Å². The van der Waals surface area contributed by atoms with Gasteiger partial charge in [-0.25, -0.2) is 5.01 Å². The van der Waals surface area contributed by atoms with E-state index in [9.17, 15) is 9.59 Å². The molecule has 0 saturated heterocycles. The fourth-order valence-corrected chi connectivity index (χ4v) is 5.04. The summed E-state index contributed by atoms with van der Waals surface area (Å²) in [6.07, 6.45) is 0.437. The van der Waals surface area contributed by atoms with E-state index in [2.05, 4.69) is 43.0 Å². The molecule has 0 unspecified atom stereocenters. The summed E-state index contributed by atoms with van der Waals surface area (Å²) in [5.41, 5.74) is 3.34. The maximum atomic E-state index is 12.6. The molecule has 1 N–H and O–H groups in total. The molecular formula is C29H40N4O4S. The number of hydrazone groups is 1. The van der Waals surface area contributed by atoms with E-state index in [-0.39, 0.29) is 17.3 Å². The Hall–Kier alpha value is -3.04. The van der Waals surface area contributed by atoms with Crippen LogP contribution in [0.1, 0.15) is 59.1 Å². The molecule has 0 atom stereocenters. The van der Waals surface area contributed by atoms with Gasteiger partial charge in [-0.2, -0.15) is 5.10 Å². The molecule has 3 rings (SSSR count). The van der Waals surface area contributed by atoms with Gasteiger partial charge >= 0.3 is 5.24 Å². The number of nitrogens with zero attached hydrogens (tertiary/aromatic N) is 3. The van der Waals surface area contributed by atoms with Crippen molar-refractivity contribution < 1.29 is 19.1 Å². The predicted octanol–water partition coefficient (Wildman–Crippen LogP) is 6.00. The number of amides is 2. The zero-order chi connectivity index (χ0) is 27.8. The first-order valence-electron chi connectivity index (χ1n) is 13.1. The molecule has 8 nitrogen and oxygen atoms in total. The number of carbonyl (C=O) groups is 2. The molecule has 38 heavy (non-hydrogen) atoms. The highest BCUT2D eigenvalue weighted by Gasteiger charge is 2.23. The molecule has 1 aliphatic rings. The van der Waals surface area contributed by atoms with E-state index in [1.165, 1.54) is 16.8 Å². The molecule has 1 aliphatic heterocycles. The van der Waals surface area contributed by atoms with E-state index in [1.807, 2.05) is 56.3 Å². The Bertz CT molecular complexity index is 1120. The maximum absolute atomic E-state index is 12.6. The number of methoxy groups -OCH3 is 1. The normalized spacial score (nSPS) is 13.9. The van der Waals surface area contributed by atoms with Crippen LogP contribution in [0.5, 0.6) is 11.5 Å². The Labute approximate surface area is 230 Å². The Morgan fingerprint density at radius 3 is 2.34 bits per heavy atom. The van der Waals surface area contributed by atoms with Crippen molar-refractivity contribution in [2.75, 3.05) is 24.7 Å². The number of hydrogen-bond acceptors (Lipinski definition) is 7. The quantitative estimate of drug-likeness (QED) is 0.355. The van der Waals surface area contributed by atoms with Gasteiger partial charge < -0.3 is 14.8 Å². The van der Waals surface area contributed by atoms with Gasteiger partial charge in [0, 0.05) is 42.1 Å². The van der Waals surface area contributed by atoms with E-state index < -0.39 is 0 Å². The Kier molecular flexibility index (Phi) is 10.6. The summed E-state index contributed by atoms with van der Waals surface area (Å²) < 4.78 is 11.3. The van der Waals surface area contributed by atoms with Crippen LogP contribution in [0.3, 0.4) is 0 Å². The van der Waals surface area contributed by atoms with Crippen molar-refractivity contribution >= 4 is 34.3 Å². The van der Waals surface area contributed by atoms with Crippen molar-refractivity contribution in [1.29, 1.82) is 0 Å². The summed E-state index contributed by atoms with van der Waals surface area (Å²) in [7, 11) is 1.61. The molecule has 2 amide bonds. The zero-order valence-corrected chi connectivity index (χ0v) is 24.3. The van der Waals surface area contributed by atoms with Crippen LogP contribution < -0.4 is 14.8 Å². The lowest BCUT2D eigenvalue weighted by Gasteiger charge is -2.30. The second-order valence-corrected chi connectivity index (χ2v) is 11.0. The molecule has 1 heterocycles. The van der Waals surface area contributed by atoms with Crippen LogP contribution in [-0.4, -0.2) is 64.4 Å². The van der Waals surface area contributed by atoms with E-state index in [4.69, 9.17) is 9.47 Å². The summed E-state index contributed by atoms with van der Waals surface area (Å²) in [5, 5.41) is 9.01. The molecule has 0 aliphatic carbocycles. The lowest BCUT2D eigenvalue weighted by atomic mass is 10.1. The number of rotatable bonds is 12. The highest BCUT2D eigenvalue weighted by atomic mass is 32.2. The third kappa shape index (κ3) is 8.23. The van der Waals surface area contributed by atoms with Crippen molar-refractivity contribution in [3.63, 3.8) is 0 Å². The topological polar surface area (TPSA) is 83.5 Å². The number of anilines is 1.